The van der Waals surface area contributed by atoms with Crippen molar-refractivity contribution < 1.29 is 32.4 Å². The SMILES string of the molecule is CCN1C(=O)C(=Cc2cc([N+](=O)[O-])ccc2OCCOc2cccc(C(F)(F)F)c2)SC1=S. The Labute approximate surface area is 196 Å². The number of likely N-dealkylation sites (N-methyl/N-ethyl adjacent to an activating group) is 1. The zero-order chi connectivity index (χ0) is 24.2. The molecule has 1 amide bonds. The molecule has 2 aromatic carbocycles. The van der Waals surface area contributed by atoms with Crippen LogP contribution in [-0.2, 0) is 11.0 Å². The van der Waals surface area contributed by atoms with Crippen LogP contribution in [0.5, 0.6) is 11.5 Å². The number of rotatable bonds is 8. The molecule has 3 rings (SSSR count). The van der Waals surface area contributed by atoms with Gasteiger partial charge in [0, 0.05) is 24.2 Å². The molecule has 0 aliphatic carbocycles. The van der Waals surface area contributed by atoms with Gasteiger partial charge in [-0.2, -0.15) is 13.2 Å². The second-order valence-electron chi connectivity index (χ2n) is 6.63. The molecule has 0 unspecified atom stereocenters. The van der Waals surface area contributed by atoms with Gasteiger partial charge in [0.25, 0.3) is 11.6 Å². The van der Waals surface area contributed by atoms with E-state index in [2.05, 4.69) is 0 Å². The van der Waals surface area contributed by atoms with E-state index in [-0.39, 0.29) is 36.3 Å². The average Bonchev–Trinajstić information content (AvgIpc) is 3.03. The smallest absolute Gasteiger partial charge is 0.416 e. The molecular weight excluding hydrogens is 481 g/mol. The summed E-state index contributed by atoms with van der Waals surface area (Å²) in [7, 11) is 0. The number of halogens is 3. The van der Waals surface area contributed by atoms with E-state index in [0.29, 0.717) is 21.3 Å². The third-order valence-electron chi connectivity index (χ3n) is 4.45. The number of hydrogen-bond acceptors (Lipinski definition) is 7. The number of nitro groups is 1. The number of benzene rings is 2. The quantitative estimate of drug-likeness (QED) is 0.161. The summed E-state index contributed by atoms with van der Waals surface area (Å²) in [6, 6.07) is 8.34. The largest absolute Gasteiger partial charge is 0.490 e. The summed E-state index contributed by atoms with van der Waals surface area (Å²) in [6.45, 7) is 2.05. The molecule has 0 radical (unpaired) electrons. The Morgan fingerprint density at radius 3 is 2.55 bits per heavy atom. The van der Waals surface area contributed by atoms with Crippen LogP contribution in [0.25, 0.3) is 6.08 Å². The lowest BCUT2D eigenvalue weighted by Gasteiger charge is -2.12. The van der Waals surface area contributed by atoms with Gasteiger partial charge in [-0.3, -0.25) is 19.8 Å². The number of alkyl halides is 3. The van der Waals surface area contributed by atoms with Crippen molar-refractivity contribution in [2.75, 3.05) is 19.8 Å². The number of ether oxygens (including phenoxy) is 2. The minimum atomic E-state index is -4.48. The summed E-state index contributed by atoms with van der Waals surface area (Å²) in [5.74, 6) is -0.0339. The van der Waals surface area contributed by atoms with Gasteiger partial charge >= 0.3 is 6.18 Å². The lowest BCUT2D eigenvalue weighted by atomic mass is 10.1. The molecule has 1 aliphatic heterocycles. The Balaban J connectivity index is 1.73. The Bertz CT molecular complexity index is 1120. The first-order valence-electron chi connectivity index (χ1n) is 9.57. The van der Waals surface area contributed by atoms with Gasteiger partial charge in [-0.15, -0.1) is 0 Å². The number of non-ortho nitro benzene ring substituents is 1. The van der Waals surface area contributed by atoms with Crippen LogP contribution in [0.1, 0.15) is 18.1 Å². The molecule has 1 fully saturated rings. The van der Waals surface area contributed by atoms with Gasteiger partial charge in [-0.25, -0.2) is 0 Å². The van der Waals surface area contributed by atoms with Crippen LogP contribution in [0.4, 0.5) is 18.9 Å². The molecule has 1 aliphatic rings. The highest BCUT2D eigenvalue weighted by atomic mass is 32.2. The molecule has 0 atom stereocenters. The summed E-state index contributed by atoms with van der Waals surface area (Å²) < 4.78 is 49.8. The Hall–Kier alpha value is -3.12. The molecular formula is C21H17F3N2O5S2. The Kier molecular flexibility index (Phi) is 7.59. The maximum absolute atomic E-state index is 12.8. The molecule has 0 aromatic heterocycles. The molecule has 7 nitrogen and oxygen atoms in total. The number of thiocarbonyl (C=S) groups is 1. The standard InChI is InChI=1S/C21H17F3N2O5S2/c1-2-25-19(27)18(33-20(25)32)11-13-10-15(26(28)29)6-7-17(13)31-9-8-30-16-5-3-4-14(12-16)21(22,23)24/h3-7,10-12H,2,8-9H2,1H3. The second-order valence-corrected chi connectivity index (χ2v) is 8.30. The van der Waals surface area contributed by atoms with Gasteiger partial charge in [-0.05, 0) is 37.3 Å². The summed E-state index contributed by atoms with van der Waals surface area (Å²) in [5.41, 5.74) is -0.734. The zero-order valence-corrected chi connectivity index (χ0v) is 18.8. The van der Waals surface area contributed by atoms with Gasteiger partial charge in [-0.1, -0.05) is 30.0 Å². The van der Waals surface area contributed by atoms with Crippen molar-refractivity contribution in [3.05, 3.63) is 68.6 Å². The molecule has 1 heterocycles. The zero-order valence-electron chi connectivity index (χ0n) is 17.1. The summed E-state index contributed by atoms with van der Waals surface area (Å²) >= 11 is 6.26. The predicted octanol–water partition coefficient (Wildman–Crippen LogP) is 5.29. The average molecular weight is 499 g/mol. The molecule has 0 spiro atoms. The number of carbonyl (C=O) groups is 1. The number of amides is 1. The molecule has 33 heavy (non-hydrogen) atoms. The van der Waals surface area contributed by atoms with Crippen molar-refractivity contribution >= 4 is 46.0 Å². The molecule has 0 bridgehead atoms. The topological polar surface area (TPSA) is 81.9 Å². The van der Waals surface area contributed by atoms with Crippen molar-refractivity contribution in [2.45, 2.75) is 13.1 Å². The van der Waals surface area contributed by atoms with E-state index in [0.717, 1.165) is 23.9 Å². The number of nitro benzene ring substituents is 1. The fourth-order valence-electron chi connectivity index (χ4n) is 2.88. The monoisotopic (exact) mass is 498 g/mol. The van der Waals surface area contributed by atoms with E-state index in [1.807, 2.05) is 0 Å². The summed E-state index contributed by atoms with van der Waals surface area (Å²) in [6.07, 6.45) is -3.02. The number of nitrogens with zero attached hydrogens (tertiary/aromatic N) is 2. The Morgan fingerprint density at radius 2 is 1.91 bits per heavy atom. The number of hydrogen-bond donors (Lipinski definition) is 0. The molecule has 174 valence electrons. The lowest BCUT2D eigenvalue weighted by molar-refractivity contribution is -0.384. The van der Waals surface area contributed by atoms with Gasteiger partial charge in [0.05, 0.1) is 15.4 Å². The molecule has 0 saturated carbocycles. The predicted molar refractivity (Wildman–Crippen MR) is 121 cm³/mol. The van der Waals surface area contributed by atoms with Crippen molar-refractivity contribution in [3.63, 3.8) is 0 Å². The van der Waals surface area contributed by atoms with E-state index >= 15 is 0 Å². The van der Waals surface area contributed by atoms with E-state index in [1.165, 1.54) is 41.3 Å². The maximum atomic E-state index is 12.8. The molecule has 2 aromatic rings. The summed E-state index contributed by atoms with van der Waals surface area (Å²) in [5, 5.41) is 11.2. The third-order valence-corrected chi connectivity index (χ3v) is 5.83. The van der Waals surface area contributed by atoms with E-state index in [1.54, 1.807) is 6.92 Å². The highest BCUT2D eigenvalue weighted by molar-refractivity contribution is 8.26. The van der Waals surface area contributed by atoms with E-state index < -0.39 is 16.7 Å². The van der Waals surface area contributed by atoms with Crippen molar-refractivity contribution in [3.8, 4) is 11.5 Å². The fraction of sp³-hybridized carbons (Fsp3) is 0.238. The van der Waals surface area contributed by atoms with Crippen LogP contribution >= 0.6 is 24.0 Å². The van der Waals surface area contributed by atoms with Gasteiger partial charge in [0.15, 0.2) is 0 Å². The van der Waals surface area contributed by atoms with Crippen LogP contribution in [0, 0.1) is 10.1 Å². The minimum Gasteiger partial charge on any atom is -0.490 e. The van der Waals surface area contributed by atoms with Gasteiger partial charge in [0.2, 0.25) is 0 Å². The van der Waals surface area contributed by atoms with Crippen LogP contribution in [-0.4, -0.2) is 39.8 Å². The second kappa shape index (κ2) is 10.2. The van der Waals surface area contributed by atoms with Crippen LogP contribution in [0.3, 0.4) is 0 Å². The molecule has 12 heteroatoms. The van der Waals surface area contributed by atoms with Crippen molar-refractivity contribution in [1.29, 1.82) is 0 Å². The number of carbonyl (C=O) groups excluding carboxylic acids is 1. The highest BCUT2D eigenvalue weighted by Gasteiger charge is 2.31. The van der Waals surface area contributed by atoms with E-state index in [4.69, 9.17) is 21.7 Å². The lowest BCUT2D eigenvalue weighted by Crippen LogP contribution is -2.27. The van der Waals surface area contributed by atoms with E-state index in [9.17, 15) is 28.1 Å². The van der Waals surface area contributed by atoms with Gasteiger partial charge < -0.3 is 9.47 Å². The summed E-state index contributed by atoms with van der Waals surface area (Å²) in [4.78, 5) is 24.8. The van der Waals surface area contributed by atoms with Crippen molar-refractivity contribution in [2.24, 2.45) is 0 Å². The minimum absolute atomic E-state index is 0.0283. The maximum Gasteiger partial charge on any atom is 0.416 e. The normalized spacial score (nSPS) is 15.3. The van der Waals surface area contributed by atoms with Crippen molar-refractivity contribution in [1.82, 2.24) is 4.90 Å². The first kappa shape index (κ1) is 24.5. The molecule has 1 saturated heterocycles. The van der Waals surface area contributed by atoms with Gasteiger partial charge in [0.1, 0.15) is 29.0 Å². The van der Waals surface area contributed by atoms with Crippen LogP contribution < -0.4 is 9.47 Å². The Morgan fingerprint density at radius 1 is 1.18 bits per heavy atom. The highest BCUT2D eigenvalue weighted by Crippen LogP contribution is 2.35. The fourth-order valence-corrected chi connectivity index (χ4v) is 4.26. The first-order valence-corrected chi connectivity index (χ1v) is 10.8. The molecule has 0 N–H and O–H groups in total. The first-order chi connectivity index (χ1) is 15.6. The van der Waals surface area contributed by atoms with Crippen LogP contribution in [0.2, 0.25) is 0 Å². The van der Waals surface area contributed by atoms with Crippen LogP contribution in [0.15, 0.2) is 47.4 Å². The number of thioether (sulfide) groups is 1. The third kappa shape index (κ3) is 6.02.